The molecule has 0 aliphatic carbocycles. The van der Waals surface area contributed by atoms with Gasteiger partial charge in [-0.2, -0.15) is 4.39 Å². The number of hydrogen-bond donors (Lipinski definition) is 1. The van der Waals surface area contributed by atoms with Crippen molar-refractivity contribution in [2.45, 2.75) is 19.8 Å². The lowest BCUT2D eigenvalue weighted by atomic mass is 10.3. The molecule has 0 amide bonds. The summed E-state index contributed by atoms with van der Waals surface area (Å²) < 4.78 is 12.9. The molecule has 0 spiro atoms. The van der Waals surface area contributed by atoms with Gasteiger partial charge in [0, 0.05) is 18.7 Å². The van der Waals surface area contributed by atoms with Crippen molar-refractivity contribution in [3.05, 3.63) is 23.8 Å². The molecule has 1 N–H and O–H groups in total. The van der Waals surface area contributed by atoms with Crippen LogP contribution < -0.4 is 5.43 Å². The van der Waals surface area contributed by atoms with Crippen molar-refractivity contribution in [1.82, 2.24) is 9.99 Å². The van der Waals surface area contributed by atoms with Gasteiger partial charge in [0.1, 0.15) is 0 Å². The second-order valence-electron chi connectivity index (χ2n) is 3.64. The Morgan fingerprint density at radius 3 is 2.67 bits per heavy atom. The summed E-state index contributed by atoms with van der Waals surface area (Å²) >= 11 is 0. The van der Waals surface area contributed by atoms with E-state index in [1.165, 1.54) is 19.0 Å². The number of halogens is 2. The van der Waals surface area contributed by atoms with Crippen molar-refractivity contribution in [2.75, 3.05) is 18.5 Å². The Kier molecular flexibility index (Phi) is 4.29. The molecular formula is C10H15ClFN3. The maximum Gasteiger partial charge on any atom is 0.215 e. The highest BCUT2D eigenvalue weighted by molar-refractivity contribution is 5.85. The van der Waals surface area contributed by atoms with E-state index < -0.39 is 5.95 Å². The van der Waals surface area contributed by atoms with Crippen LogP contribution in [0.5, 0.6) is 0 Å². The molecule has 1 saturated heterocycles. The van der Waals surface area contributed by atoms with Crippen molar-refractivity contribution in [2.24, 2.45) is 0 Å². The molecule has 1 aromatic heterocycles. The van der Waals surface area contributed by atoms with E-state index in [1.807, 2.05) is 0 Å². The van der Waals surface area contributed by atoms with Crippen LogP contribution in [0.2, 0.25) is 0 Å². The molecule has 1 fully saturated rings. The molecule has 2 rings (SSSR count). The van der Waals surface area contributed by atoms with Gasteiger partial charge in [0.2, 0.25) is 5.95 Å². The molecule has 1 aliphatic rings. The van der Waals surface area contributed by atoms with Gasteiger partial charge in [-0.15, -0.1) is 12.4 Å². The van der Waals surface area contributed by atoms with E-state index in [-0.39, 0.29) is 12.4 Å². The summed E-state index contributed by atoms with van der Waals surface area (Å²) in [4.78, 5) is 3.66. The molecule has 3 nitrogen and oxygen atoms in total. The minimum atomic E-state index is -0.392. The first-order valence-electron chi connectivity index (χ1n) is 4.89. The molecular weight excluding hydrogens is 217 g/mol. The molecule has 0 unspecified atom stereocenters. The number of hydrazine groups is 1. The number of pyridine rings is 1. The fraction of sp³-hybridized carbons (Fsp3) is 0.500. The maximum absolute atomic E-state index is 12.9. The summed E-state index contributed by atoms with van der Waals surface area (Å²) in [5.74, 6) is -0.392. The molecule has 84 valence electrons. The first kappa shape index (κ1) is 12.2. The van der Waals surface area contributed by atoms with Crippen molar-refractivity contribution < 1.29 is 4.39 Å². The van der Waals surface area contributed by atoms with E-state index in [4.69, 9.17) is 0 Å². The molecule has 0 radical (unpaired) electrons. The monoisotopic (exact) mass is 231 g/mol. The van der Waals surface area contributed by atoms with Crippen molar-refractivity contribution in [1.29, 1.82) is 0 Å². The summed E-state index contributed by atoms with van der Waals surface area (Å²) in [6.45, 7) is 3.82. The van der Waals surface area contributed by atoms with Crippen LogP contribution in [0, 0.1) is 12.9 Å². The Balaban J connectivity index is 0.00000112. The highest BCUT2D eigenvalue weighted by atomic mass is 35.5. The summed E-state index contributed by atoms with van der Waals surface area (Å²) in [6.07, 6.45) is 3.97. The van der Waals surface area contributed by atoms with Gasteiger partial charge in [0.15, 0.2) is 0 Å². The van der Waals surface area contributed by atoms with Crippen LogP contribution in [0.4, 0.5) is 10.1 Å². The Morgan fingerprint density at radius 1 is 1.40 bits per heavy atom. The molecule has 5 heteroatoms. The Bertz CT molecular complexity index is 326. The highest BCUT2D eigenvalue weighted by Crippen LogP contribution is 2.14. The van der Waals surface area contributed by atoms with Crippen molar-refractivity contribution in [3.8, 4) is 0 Å². The SMILES string of the molecule is Cc1cc(NN2CCCC2)cnc1F.Cl. The zero-order valence-corrected chi connectivity index (χ0v) is 9.48. The van der Waals surface area contributed by atoms with Crippen LogP contribution in [0.25, 0.3) is 0 Å². The number of aromatic nitrogens is 1. The minimum absolute atomic E-state index is 0. The van der Waals surface area contributed by atoms with Gasteiger partial charge in [-0.25, -0.2) is 9.99 Å². The molecule has 0 atom stereocenters. The largest absolute Gasteiger partial charge is 0.317 e. The maximum atomic E-state index is 12.9. The summed E-state index contributed by atoms with van der Waals surface area (Å²) in [5, 5.41) is 2.13. The van der Waals surface area contributed by atoms with E-state index in [0.717, 1.165) is 18.8 Å². The topological polar surface area (TPSA) is 28.2 Å². The predicted molar refractivity (Wildman–Crippen MR) is 60.6 cm³/mol. The van der Waals surface area contributed by atoms with Crippen LogP contribution in [0.3, 0.4) is 0 Å². The lowest BCUT2D eigenvalue weighted by Gasteiger charge is -2.17. The zero-order valence-electron chi connectivity index (χ0n) is 8.66. The lowest BCUT2D eigenvalue weighted by Crippen LogP contribution is -2.26. The standard InChI is InChI=1S/C10H14FN3.ClH/c1-8-6-9(7-12-10(8)11)13-14-4-2-3-5-14;/h6-7,13H,2-5H2,1H3;1H. The van der Waals surface area contributed by atoms with Gasteiger partial charge in [-0.1, -0.05) is 0 Å². The van der Waals surface area contributed by atoms with Crippen LogP contribution in [0.15, 0.2) is 12.3 Å². The van der Waals surface area contributed by atoms with E-state index in [9.17, 15) is 4.39 Å². The number of nitrogens with zero attached hydrogens (tertiary/aromatic N) is 2. The van der Waals surface area contributed by atoms with E-state index >= 15 is 0 Å². The third kappa shape index (κ3) is 3.04. The van der Waals surface area contributed by atoms with Crippen LogP contribution in [-0.4, -0.2) is 23.1 Å². The fourth-order valence-corrected chi connectivity index (χ4v) is 1.63. The molecule has 0 saturated carbocycles. The number of aryl methyl sites for hydroxylation is 1. The number of nitrogens with one attached hydrogen (secondary N) is 1. The quantitative estimate of drug-likeness (QED) is 0.793. The molecule has 0 bridgehead atoms. The third-order valence-electron chi connectivity index (χ3n) is 2.41. The summed E-state index contributed by atoms with van der Waals surface area (Å²) in [5.41, 5.74) is 4.66. The highest BCUT2D eigenvalue weighted by Gasteiger charge is 2.11. The van der Waals surface area contributed by atoms with Gasteiger partial charge in [-0.05, 0) is 25.8 Å². The molecule has 2 heterocycles. The van der Waals surface area contributed by atoms with Gasteiger partial charge >= 0.3 is 0 Å². The Labute approximate surface area is 95.1 Å². The van der Waals surface area contributed by atoms with Crippen LogP contribution in [-0.2, 0) is 0 Å². The van der Waals surface area contributed by atoms with Crippen molar-refractivity contribution >= 4 is 18.1 Å². The first-order valence-corrected chi connectivity index (χ1v) is 4.89. The van der Waals surface area contributed by atoms with Gasteiger partial charge < -0.3 is 5.43 Å². The smallest absolute Gasteiger partial charge is 0.215 e. The fourth-order valence-electron chi connectivity index (χ4n) is 1.63. The predicted octanol–water partition coefficient (Wildman–Crippen LogP) is 2.37. The summed E-state index contributed by atoms with van der Waals surface area (Å²) in [7, 11) is 0. The average molecular weight is 232 g/mol. The normalized spacial score (nSPS) is 16.1. The number of rotatable bonds is 2. The third-order valence-corrected chi connectivity index (χ3v) is 2.41. The Morgan fingerprint density at radius 2 is 2.07 bits per heavy atom. The Hall–Kier alpha value is -0.870. The average Bonchev–Trinajstić information content (AvgIpc) is 2.64. The second-order valence-corrected chi connectivity index (χ2v) is 3.64. The number of anilines is 1. The number of hydrogen-bond acceptors (Lipinski definition) is 3. The molecule has 15 heavy (non-hydrogen) atoms. The van der Waals surface area contributed by atoms with Crippen LogP contribution in [0.1, 0.15) is 18.4 Å². The zero-order chi connectivity index (χ0) is 9.97. The van der Waals surface area contributed by atoms with Crippen LogP contribution >= 0.6 is 12.4 Å². The first-order chi connectivity index (χ1) is 6.75. The molecule has 0 aromatic carbocycles. The molecule has 1 aliphatic heterocycles. The molecule has 1 aromatic rings. The minimum Gasteiger partial charge on any atom is -0.317 e. The van der Waals surface area contributed by atoms with Gasteiger partial charge in [0.25, 0.3) is 0 Å². The van der Waals surface area contributed by atoms with Gasteiger partial charge in [-0.3, -0.25) is 0 Å². The lowest BCUT2D eigenvalue weighted by molar-refractivity contribution is 0.410. The second kappa shape index (κ2) is 5.28. The van der Waals surface area contributed by atoms with E-state index in [2.05, 4.69) is 15.4 Å². The van der Waals surface area contributed by atoms with Gasteiger partial charge in [0.05, 0.1) is 11.9 Å². The van der Waals surface area contributed by atoms with E-state index in [1.54, 1.807) is 13.0 Å². The van der Waals surface area contributed by atoms with Crippen molar-refractivity contribution in [3.63, 3.8) is 0 Å². The summed E-state index contributed by atoms with van der Waals surface area (Å²) in [6, 6.07) is 1.78. The van der Waals surface area contributed by atoms with E-state index in [0.29, 0.717) is 5.56 Å².